The maximum Gasteiger partial charge on any atom is 0.344 e. The van der Waals surface area contributed by atoms with E-state index in [9.17, 15) is 4.79 Å². The Morgan fingerprint density at radius 2 is 1.76 bits per heavy atom. The number of hydrogen-bond donors (Lipinski definition) is 1. The van der Waals surface area contributed by atoms with Crippen molar-refractivity contribution in [3.05, 3.63) is 52.9 Å². The second-order valence-corrected chi connectivity index (χ2v) is 3.90. The smallest absolute Gasteiger partial charge is 0.344 e. The van der Waals surface area contributed by atoms with Crippen molar-refractivity contribution < 1.29 is 4.42 Å². The highest BCUT2D eigenvalue weighted by Gasteiger charge is 2.06. The monoisotopic (exact) mass is 225 g/mol. The van der Waals surface area contributed by atoms with Gasteiger partial charge in [0.2, 0.25) is 0 Å². The zero-order valence-electron chi connectivity index (χ0n) is 9.36. The largest absolute Gasteiger partial charge is 0.422 e. The molecule has 3 aromatic rings. The van der Waals surface area contributed by atoms with Crippen LogP contribution in [0.25, 0.3) is 21.7 Å². The van der Waals surface area contributed by atoms with Crippen molar-refractivity contribution in [1.29, 1.82) is 0 Å². The molecule has 3 rings (SSSR count). The van der Waals surface area contributed by atoms with Crippen molar-refractivity contribution in [3.8, 4) is 0 Å². The maximum atomic E-state index is 11.8. The van der Waals surface area contributed by atoms with Crippen molar-refractivity contribution >= 4 is 27.4 Å². The van der Waals surface area contributed by atoms with Gasteiger partial charge in [0.1, 0.15) is 5.58 Å². The Morgan fingerprint density at radius 1 is 1.00 bits per heavy atom. The van der Waals surface area contributed by atoms with Gasteiger partial charge in [0, 0.05) is 24.2 Å². The minimum Gasteiger partial charge on any atom is -0.422 e. The van der Waals surface area contributed by atoms with E-state index in [-0.39, 0.29) is 5.63 Å². The summed E-state index contributed by atoms with van der Waals surface area (Å²) < 4.78 is 5.32. The Labute approximate surface area is 97.7 Å². The molecule has 0 aliphatic heterocycles. The van der Waals surface area contributed by atoms with E-state index in [1.54, 1.807) is 6.07 Å². The number of nitrogens with one attached hydrogen (secondary N) is 1. The zero-order chi connectivity index (χ0) is 11.8. The number of benzene rings is 2. The van der Waals surface area contributed by atoms with Gasteiger partial charge in [-0.3, -0.25) is 0 Å². The lowest BCUT2D eigenvalue weighted by Crippen LogP contribution is -1.99. The molecule has 0 aliphatic rings. The van der Waals surface area contributed by atoms with E-state index in [2.05, 4.69) is 5.32 Å². The third kappa shape index (κ3) is 1.47. The molecule has 0 fully saturated rings. The summed E-state index contributed by atoms with van der Waals surface area (Å²) in [6.45, 7) is 0. The van der Waals surface area contributed by atoms with Crippen molar-refractivity contribution in [2.24, 2.45) is 0 Å². The Kier molecular flexibility index (Phi) is 2.11. The van der Waals surface area contributed by atoms with Crippen LogP contribution >= 0.6 is 0 Å². The normalized spacial score (nSPS) is 10.9. The van der Waals surface area contributed by atoms with Gasteiger partial charge in [-0.25, -0.2) is 4.79 Å². The molecule has 3 nitrogen and oxygen atoms in total. The van der Waals surface area contributed by atoms with Gasteiger partial charge in [0.15, 0.2) is 0 Å². The van der Waals surface area contributed by atoms with Gasteiger partial charge in [0.25, 0.3) is 0 Å². The summed E-state index contributed by atoms with van der Waals surface area (Å²) in [5.74, 6) is 0. The lowest BCUT2D eigenvalue weighted by atomic mass is 10.1. The molecule has 0 spiro atoms. The summed E-state index contributed by atoms with van der Waals surface area (Å²) in [6, 6.07) is 13.3. The number of hydrogen-bond acceptors (Lipinski definition) is 3. The van der Waals surface area contributed by atoms with Crippen LogP contribution in [0.3, 0.4) is 0 Å². The molecule has 2 aromatic carbocycles. The first-order valence-corrected chi connectivity index (χ1v) is 5.43. The van der Waals surface area contributed by atoms with Crippen molar-refractivity contribution in [2.75, 3.05) is 12.4 Å². The highest BCUT2D eigenvalue weighted by Crippen LogP contribution is 2.24. The molecule has 0 amide bonds. The van der Waals surface area contributed by atoms with Crippen LogP contribution in [0.1, 0.15) is 0 Å². The third-order valence-corrected chi connectivity index (χ3v) is 2.91. The SMILES string of the molecule is CNc1ccc2c(c1)oc(=O)c1ccccc12. The fraction of sp³-hybridized carbons (Fsp3) is 0.0714. The van der Waals surface area contributed by atoms with Gasteiger partial charge in [0.05, 0.1) is 5.39 Å². The molecule has 3 heteroatoms. The molecular weight excluding hydrogens is 214 g/mol. The lowest BCUT2D eigenvalue weighted by molar-refractivity contribution is 0.570. The van der Waals surface area contributed by atoms with Crippen LogP contribution in [0.2, 0.25) is 0 Å². The first-order valence-electron chi connectivity index (χ1n) is 5.43. The van der Waals surface area contributed by atoms with Gasteiger partial charge in [-0.15, -0.1) is 0 Å². The van der Waals surface area contributed by atoms with Gasteiger partial charge in [-0.05, 0) is 23.6 Å². The van der Waals surface area contributed by atoms with E-state index in [4.69, 9.17) is 4.42 Å². The fourth-order valence-electron chi connectivity index (χ4n) is 2.04. The van der Waals surface area contributed by atoms with Crippen molar-refractivity contribution in [1.82, 2.24) is 0 Å². The summed E-state index contributed by atoms with van der Waals surface area (Å²) in [6.07, 6.45) is 0. The Bertz CT molecular complexity index is 759. The third-order valence-electron chi connectivity index (χ3n) is 2.91. The lowest BCUT2D eigenvalue weighted by Gasteiger charge is -2.04. The molecule has 1 N–H and O–H groups in total. The fourth-order valence-corrected chi connectivity index (χ4v) is 2.04. The molecule has 1 aromatic heterocycles. The van der Waals surface area contributed by atoms with Gasteiger partial charge in [-0.2, -0.15) is 0 Å². The van der Waals surface area contributed by atoms with Crippen LogP contribution in [0.5, 0.6) is 0 Å². The first kappa shape index (κ1) is 9.90. The number of rotatable bonds is 1. The summed E-state index contributed by atoms with van der Waals surface area (Å²) in [5.41, 5.74) is 1.25. The van der Waals surface area contributed by atoms with Crippen LogP contribution in [-0.2, 0) is 0 Å². The molecule has 0 unspecified atom stereocenters. The van der Waals surface area contributed by atoms with E-state index in [1.165, 1.54) is 0 Å². The van der Waals surface area contributed by atoms with Crippen molar-refractivity contribution in [3.63, 3.8) is 0 Å². The standard InChI is InChI=1S/C14H11NO2/c1-15-9-6-7-11-10-4-2-3-5-12(10)14(16)17-13(11)8-9/h2-8,15H,1H3. The molecule has 0 atom stereocenters. The summed E-state index contributed by atoms with van der Waals surface area (Å²) in [5, 5.41) is 5.54. The molecular formula is C14H11NO2. The predicted octanol–water partition coefficient (Wildman–Crippen LogP) is 2.99. The molecule has 0 saturated carbocycles. The Balaban J connectivity index is 2.53. The van der Waals surface area contributed by atoms with Crippen LogP contribution in [0.4, 0.5) is 5.69 Å². The molecule has 84 valence electrons. The minimum absolute atomic E-state index is 0.290. The summed E-state index contributed by atoms with van der Waals surface area (Å²) >= 11 is 0. The average Bonchev–Trinajstić information content (AvgIpc) is 2.38. The van der Waals surface area contributed by atoms with Crippen LogP contribution < -0.4 is 10.9 Å². The van der Waals surface area contributed by atoms with Gasteiger partial charge in [-0.1, -0.05) is 18.2 Å². The van der Waals surface area contributed by atoms with E-state index in [1.807, 2.05) is 43.4 Å². The molecule has 0 radical (unpaired) electrons. The summed E-state index contributed by atoms with van der Waals surface area (Å²) in [4.78, 5) is 11.8. The van der Waals surface area contributed by atoms with E-state index >= 15 is 0 Å². The molecule has 0 saturated heterocycles. The topological polar surface area (TPSA) is 42.2 Å². The van der Waals surface area contributed by atoms with Gasteiger partial charge < -0.3 is 9.73 Å². The zero-order valence-corrected chi connectivity index (χ0v) is 9.36. The molecule has 17 heavy (non-hydrogen) atoms. The summed E-state index contributed by atoms with van der Waals surface area (Å²) in [7, 11) is 1.83. The van der Waals surface area contributed by atoms with Crippen LogP contribution in [0, 0.1) is 0 Å². The second kappa shape index (κ2) is 3.63. The van der Waals surface area contributed by atoms with E-state index < -0.39 is 0 Å². The van der Waals surface area contributed by atoms with Gasteiger partial charge >= 0.3 is 5.63 Å². The van der Waals surface area contributed by atoms with E-state index in [0.717, 1.165) is 16.5 Å². The maximum absolute atomic E-state index is 11.8. The highest BCUT2D eigenvalue weighted by molar-refractivity contribution is 6.04. The van der Waals surface area contributed by atoms with Crippen LogP contribution in [0.15, 0.2) is 51.7 Å². The quantitative estimate of drug-likeness (QED) is 0.511. The second-order valence-electron chi connectivity index (χ2n) is 3.90. The Morgan fingerprint density at radius 3 is 2.53 bits per heavy atom. The number of fused-ring (bicyclic) bond motifs is 3. The van der Waals surface area contributed by atoms with Crippen LogP contribution in [-0.4, -0.2) is 7.05 Å². The molecule has 0 bridgehead atoms. The molecule has 1 heterocycles. The highest BCUT2D eigenvalue weighted by atomic mass is 16.4. The molecule has 0 aliphatic carbocycles. The average molecular weight is 225 g/mol. The predicted molar refractivity (Wildman–Crippen MR) is 69.5 cm³/mol. The minimum atomic E-state index is -0.290. The Hall–Kier alpha value is -2.29. The van der Waals surface area contributed by atoms with Crippen molar-refractivity contribution in [2.45, 2.75) is 0 Å². The van der Waals surface area contributed by atoms with E-state index in [0.29, 0.717) is 11.0 Å². The number of anilines is 1. The first-order chi connectivity index (χ1) is 8.29.